The number of amides is 1. The van der Waals surface area contributed by atoms with E-state index >= 15 is 0 Å². The number of carbonyl (C=O) groups excluding carboxylic acids is 2. The zero-order valence-electron chi connectivity index (χ0n) is 11.8. The van der Waals surface area contributed by atoms with Crippen LogP contribution in [0.5, 0.6) is 0 Å². The van der Waals surface area contributed by atoms with Gasteiger partial charge in [0.15, 0.2) is 6.04 Å². The van der Waals surface area contributed by atoms with Crippen LogP contribution in [0.1, 0.15) is 22.8 Å². The van der Waals surface area contributed by atoms with Gasteiger partial charge in [-0.25, -0.2) is 4.79 Å². The van der Waals surface area contributed by atoms with Gasteiger partial charge in [0.05, 0.1) is 20.3 Å². The van der Waals surface area contributed by atoms with Crippen molar-refractivity contribution in [3.05, 3.63) is 35.4 Å². The van der Waals surface area contributed by atoms with Crippen LogP contribution >= 0.6 is 0 Å². The van der Waals surface area contributed by atoms with Crippen molar-refractivity contribution in [2.45, 2.75) is 19.4 Å². The van der Waals surface area contributed by atoms with Gasteiger partial charge in [0.1, 0.15) is 0 Å². The number of rotatable bonds is 3. The summed E-state index contributed by atoms with van der Waals surface area (Å²) >= 11 is 0. The Morgan fingerprint density at radius 1 is 1.35 bits per heavy atom. The summed E-state index contributed by atoms with van der Waals surface area (Å²) in [6.07, 6.45) is 0.927. The van der Waals surface area contributed by atoms with E-state index in [1.54, 1.807) is 12.1 Å². The van der Waals surface area contributed by atoms with Crippen molar-refractivity contribution in [2.24, 2.45) is 0 Å². The maximum absolute atomic E-state index is 12.5. The number of aryl methyl sites for hydroxylation is 1. The summed E-state index contributed by atoms with van der Waals surface area (Å²) in [5, 5.41) is 0. The molecule has 1 saturated heterocycles. The number of morpholine rings is 1. The largest absolute Gasteiger partial charge is 0.467 e. The molecule has 0 bridgehead atoms. The quantitative estimate of drug-likeness (QED) is 0.781. The molecule has 2 rings (SSSR count). The van der Waals surface area contributed by atoms with Crippen molar-refractivity contribution in [2.75, 3.05) is 26.9 Å². The maximum Gasteiger partial charge on any atom is 0.331 e. The molecule has 1 aliphatic heterocycles. The Labute approximate surface area is 118 Å². The molecule has 0 aromatic heterocycles. The smallest absolute Gasteiger partial charge is 0.331 e. The van der Waals surface area contributed by atoms with Crippen LogP contribution in [0.2, 0.25) is 0 Å². The average Bonchev–Trinajstić information content (AvgIpc) is 2.53. The maximum atomic E-state index is 12.5. The Hall–Kier alpha value is -1.88. The number of hydrogen-bond donors (Lipinski definition) is 0. The van der Waals surface area contributed by atoms with Crippen LogP contribution in [0.3, 0.4) is 0 Å². The van der Waals surface area contributed by atoms with Gasteiger partial charge in [-0.3, -0.25) is 4.79 Å². The monoisotopic (exact) mass is 277 g/mol. The van der Waals surface area contributed by atoms with E-state index in [9.17, 15) is 9.59 Å². The zero-order valence-corrected chi connectivity index (χ0v) is 11.8. The van der Waals surface area contributed by atoms with E-state index in [0.717, 1.165) is 6.42 Å². The summed E-state index contributed by atoms with van der Waals surface area (Å²) in [5.41, 5.74) is 1.76. The number of nitrogens with zero attached hydrogens (tertiary/aromatic N) is 1. The lowest BCUT2D eigenvalue weighted by Gasteiger charge is -2.33. The minimum Gasteiger partial charge on any atom is -0.467 e. The SMILES string of the molecule is CCc1ccc(C(=O)N2CCOCC2C(=O)OC)cc1. The van der Waals surface area contributed by atoms with Crippen LogP contribution in [-0.2, 0) is 20.7 Å². The van der Waals surface area contributed by atoms with Gasteiger partial charge in [-0.2, -0.15) is 0 Å². The first kappa shape index (κ1) is 14.5. The van der Waals surface area contributed by atoms with Gasteiger partial charge in [-0.1, -0.05) is 19.1 Å². The number of esters is 1. The van der Waals surface area contributed by atoms with Crippen molar-refractivity contribution in [1.29, 1.82) is 0 Å². The lowest BCUT2D eigenvalue weighted by atomic mass is 10.1. The minimum atomic E-state index is -0.660. The fourth-order valence-corrected chi connectivity index (χ4v) is 2.23. The fourth-order valence-electron chi connectivity index (χ4n) is 2.23. The Bertz CT molecular complexity index is 483. The molecular formula is C15H19NO4. The van der Waals surface area contributed by atoms with Crippen molar-refractivity contribution in [1.82, 2.24) is 4.90 Å². The van der Waals surface area contributed by atoms with Gasteiger partial charge in [0.25, 0.3) is 5.91 Å². The van der Waals surface area contributed by atoms with Gasteiger partial charge in [-0.05, 0) is 24.1 Å². The molecule has 20 heavy (non-hydrogen) atoms. The van der Waals surface area contributed by atoms with Crippen molar-refractivity contribution in [3.8, 4) is 0 Å². The van der Waals surface area contributed by atoms with Crippen molar-refractivity contribution < 1.29 is 19.1 Å². The molecule has 0 saturated carbocycles. The molecule has 5 nitrogen and oxygen atoms in total. The molecule has 1 aromatic carbocycles. The highest BCUT2D eigenvalue weighted by Crippen LogP contribution is 2.14. The van der Waals surface area contributed by atoms with Crippen LogP contribution in [0.15, 0.2) is 24.3 Å². The van der Waals surface area contributed by atoms with Crippen LogP contribution in [0.4, 0.5) is 0 Å². The van der Waals surface area contributed by atoms with E-state index in [0.29, 0.717) is 18.7 Å². The van der Waals surface area contributed by atoms with Crippen LogP contribution < -0.4 is 0 Å². The molecule has 1 atom stereocenters. The highest BCUT2D eigenvalue weighted by atomic mass is 16.5. The Balaban J connectivity index is 2.18. The molecule has 1 fully saturated rings. The summed E-state index contributed by atoms with van der Waals surface area (Å²) in [6.45, 7) is 3.08. The van der Waals surface area contributed by atoms with E-state index in [2.05, 4.69) is 6.92 Å². The van der Waals surface area contributed by atoms with E-state index in [1.165, 1.54) is 17.6 Å². The molecule has 0 aliphatic carbocycles. The van der Waals surface area contributed by atoms with Gasteiger partial charge in [0.2, 0.25) is 0 Å². The van der Waals surface area contributed by atoms with E-state index in [1.807, 2.05) is 12.1 Å². The van der Waals surface area contributed by atoms with Gasteiger partial charge in [0, 0.05) is 12.1 Å². The molecule has 1 unspecified atom stereocenters. The molecule has 1 aliphatic rings. The second-order valence-corrected chi connectivity index (χ2v) is 4.66. The Morgan fingerprint density at radius 2 is 2.05 bits per heavy atom. The third-order valence-electron chi connectivity index (χ3n) is 3.47. The normalized spacial score (nSPS) is 18.7. The van der Waals surface area contributed by atoms with Crippen LogP contribution in [0, 0.1) is 0 Å². The predicted molar refractivity (Wildman–Crippen MR) is 73.5 cm³/mol. The van der Waals surface area contributed by atoms with E-state index in [4.69, 9.17) is 9.47 Å². The predicted octanol–water partition coefficient (Wildman–Crippen LogP) is 1.26. The van der Waals surface area contributed by atoms with Crippen molar-refractivity contribution >= 4 is 11.9 Å². The molecule has 5 heteroatoms. The molecule has 108 valence electrons. The van der Waals surface area contributed by atoms with Crippen molar-refractivity contribution in [3.63, 3.8) is 0 Å². The molecule has 1 heterocycles. The van der Waals surface area contributed by atoms with Gasteiger partial charge < -0.3 is 14.4 Å². The van der Waals surface area contributed by atoms with Gasteiger partial charge in [-0.15, -0.1) is 0 Å². The van der Waals surface area contributed by atoms with E-state index in [-0.39, 0.29) is 12.5 Å². The van der Waals surface area contributed by atoms with Crippen LogP contribution in [0.25, 0.3) is 0 Å². The molecule has 0 N–H and O–H groups in total. The third kappa shape index (κ3) is 2.99. The Kier molecular flexibility index (Phi) is 4.74. The first-order valence-electron chi connectivity index (χ1n) is 6.72. The standard InChI is InChI=1S/C15H19NO4/c1-3-11-4-6-12(7-5-11)14(17)16-8-9-20-10-13(16)15(18)19-2/h4-7,13H,3,8-10H2,1-2H3. The zero-order chi connectivity index (χ0) is 14.5. The number of benzene rings is 1. The number of ether oxygens (including phenoxy) is 2. The third-order valence-corrected chi connectivity index (χ3v) is 3.47. The lowest BCUT2D eigenvalue weighted by molar-refractivity contribution is -0.151. The molecule has 0 radical (unpaired) electrons. The number of methoxy groups -OCH3 is 1. The molecule has 1 aromatic rings. The first-order chi connectivity index (χ1) is 9.67. The van der Waals surface area contributed by atoms with Crippen LogP contribution in [-0.4, -0.2) is 49.7 Å². The summed E-state index contributed by atoms with van der Waals surface area (Å²) in [7, 11) is 1.32. The first-order valence-corrected chi connectivity index (χ1v) is 6.72. The summed E-state index contributed by atoms with van der Waals surface area (Å²) in [6, 6.07) is 6.80. The lowest BCUT2D eigenvalue weighted by Crippen LogP contribution is -2.53. The average molecular weight is 277 g/mol. The summed E-state index contributed by atoms with van der Waals surface area (Å²) in [5.74, 6) is -0.602. The highest BCUT2D eigenvalue weighted by Gasteiger charge is 2.34. The summed E-state index contributed by atoms with van der Waals surface area (Å²) in [4.78, 5) is 25.7. The second kappa shape index (κ2) is 6.52. The number of hydrogen-bond acceptors (Lipinski definition) is 4. The summed E-state index contributed by atoms with van der Waals surface area (Å²) < 4.78 is 9.99. The molecular weight excluding hydrogens is 258 g/mol. The Morgan fingerprint density at radius 3 is 2.65 bits per heavy atom. The topological polar surface area (TPSA) is 55.8 Å². The second-order valence-electron chi connectivity index (χ2n) is 4.66. The molecule has 1 amide bonds. The highest BCUT2D eigenvalue weighted by molar-refractivity contribution is 5.97. The minimum absolute atomic E-state index is 0.161. The molecule has 0 spiro atoms. The van der Waals surface area contributed by atoms with Gasteiger partial charge >= 0.3 is 5.97 Å². The number of carbonyl (C=O) groups is 2. The van der Waals surface area contributed by atoms with E-state index < -0.39 is 12.0 Å². The fraction of sp³-hybridized carbons (Fsp3) is 0.467.